The molecule has 0 saturated carbocycles. The van der Waals surface area contributed by atoms with Crippen molar-refractivity contribution in [2.75, 3.05) is 37.9 Å². The summed E-state index contributed by atoms with van der Waals surface area (Å²) in [5, 5.41) is 0. The molecule has 4 heteroatoms. The topological polar surface area (TPSA) is 47.7 Å². The molecule has 0 radical (unpaired) electrons. The number of hydrogen-bond donors (Lipinski definition) is 1. The van der Waals surface area contributed by atoms with Gasteiger partial charge in [-0.05, 0) is 24.5 Å². The van der Waals surface area contributed by atoms with E-state index < -0.39 is 0 Å². The Morgan fingerprint density at radius 3 is 2.78 bits per heavy atom. The van der Waals surface area contributed by atoms with Gasteiger partial charge in [0.1, 0.15) is 5.75 Å². The Morgan fingerprint density at radius 2 is 2.11 bits per heavy atom. The number of nitrogens with zero attached hydrogens (tertiary/aromatic N) is 1. The summed E-state index contributed by atoms with van der Waals surface area (Å²) in [6.45, 7) is 4.22. The first-order valence-electron chi connectivity index (χ1n) is 6.37. The van der Waals surface area contributed by atoms with Crippen LogP contribution in [0.25, 0.3) is 0 Å². The van der Waals surface area contributed by atoms with Crippen LogP contribution < -0.4 is 15.4 Å². The van der Waals surface area contributed by atoms with Gasteiger partial charge in [-0.3, -0.25) is 0 Å². The van der Waals surface area contributed by atoms with Crippen LogP contribution in [-0.4, -0.2) is 33.4 Å². The van der Waals surface area contributed by atoms with Gasteiger partial charge in [-0.1, -0.05) is 6.92 Å². The van der Waals surface area contributed by atoms with Crippen molar-refractivity contribution in [2.45, 2.75) is 19.4 Å². The first-order valence-corrected chi connectivity index (χ1v) is 6.37. The molecule has 0 spiro atoms. The van der Waals surface area contributed by atoms with Crippen LogP contribution in [0.4, 0.5) is 11.4 Å². The van der Waals surface area contributed by atoms with E-state index in [1.54, 1.807) is 14.2 Å². The molecule has 1 fully saturated rings. The number of benzene rings is 1. The summed E-state index contributed by atoms with van der Waals surface area (Å²) in [4.78, 5) is 2.33. The lowest BCUT2D eigenvalue weighted by Gasteiger charge is -2.37. The molecular weight excluding hydrogens is 228 g/mol. The van der Waals surface area contributed by atoms with E-state index in [1.807, 2.05) is 18.2 Å². The lowest BCUT2D eigenvalue weighted by atomic mass is 9.95. The standard InChI is InChI=1S/C14H22N2O2/c1-10-6-7-16(9-14(10)18-3)11-4-5-12(15)13(8-11)17-2/h4-5,8,10,14H,6-7,9,15H2,1-3H3. The zero-order valence-corrected chi connectivity index (χ0v) is 11.3. The highest BCUT2D eigenvalue weighted by Crippen LogP contribution is 2.30. The molecule has 2 N–H and O–H groups in total. The number of methoxy groups -OCH3 is 2. The molecule has 18 heavy (non-hydrogen) atoms. The summed E-state index contributed by atoms with van der Waals surface area (Å²) in [6, 6.07) is 5.94. The maximum absolute atomic E-state index is 5.84. The molecule has 1 aliphatic rings. The van der Waals surface area contributed by atoms with Gasteiger partial charge in [-0.15, -0.1) is 0 Å². The van der Waals surface area contributed by atoms with E-state index in [4.69, 9.17) is 15.2 Å². The highest BCUT2D eigenvalue weighted by atomic mass is 16.5. The zero-order chi connectivity index (χ0) is 13.1. The molecule has 100 valence electrons. The second-order valence-corrected chi connectivity index (χ2v) is 4.91. The van der Waals surface area contributed by atoms with Crippen molar-refractivity contribution in [1.29, 1.82) is 0 Å². The molecular formula is C14H22N2O2. The fraction of sp³-hybridized carbons (Fsp3) is 0.571. The van der Waals surface area contributed by atoms with Gasteiger partial charge in [-0.2, -0.15) is 0 Å². The number of rotatable bonds is 3. The van der Waals surface area contributed by atoms with Gasteiger partial charge >= 0.3 is 0 Å². The highest BCUT2D eigenvalue weighted by molar-refractivity contribution is 5.62. The van der Waals surface area contributed by atoms with Gasteiger partial charge in [0.05, 0.1) is 18.9 Å². The largest absolute Gasteiger partial charge is 0.495 e. The van der Waals surface area contributed by atoms with Gasteiger partial charge in [0, 0.05) is 32.0 Å². The van der Waals surface area contributed by atoms with Crippen molar-refractivity contribution in [2.24, 2.45) is 5.92 Å². The van der Waals surface area contributed by atoms with E-state index in [9.17, 15) is 0 Å². The summed E-state index contributed by atoms with van der Waals surface area (Å²) >= 11 is 0. The number of nitrogens with two attached hydrogens (primary N) is 1. The molecule has 0 aliphatic carbocycles. The van der Waals surface area contributed by atoms with Crippen molar-refractivity contribution in [1.82, 2.24) is 0 Å². The molecule has 1 aliphatic heterocycles. The van der Waals surface area contributed by atoms with E-state index >= 15 is 0 Å². The Labute approximate surface area is 109 Å². The highest BCUT2D eigenvalue weighted by Gasteiger charge is 2.26. The van der Waals surface area contributed by atoms with E-state index in [0.29, 0.717) is 17.7 Å². The second-order valence-electron chi connectivity index (χ2n) is 4.91. The van der Waals surface area contributed by atoms with Crippen LogP contribution in [0.2, 0.25) is 0 Å². The maximum Gasteiger partial charge on any atom is 0.143 e. The Bertz CT molecular complexity index is 409. The average molecular weight is 250 g/mol. The van der Waals surface area contributed by atoms with Crippen LogP contribution >= 0.6 is 0 Å². The van der Waals surface area contributed by atoms with Crippen LogP contribution in [0.15, 0.2) is 18.2 Å². The van der Waals surface area contributed by atoms with Crippen molar-refractivity contribution in [3.63, 3.8) is 0 Å². The quantitative estimate of drug-likeness (QED) is 0.835. The molecule has 1 heterocycles. The number of piperidine rings is 1. The Kier molecular flexibility index (Phi) is 3.97. The van der Waals surface area contributed by atoms with Gasteiger partial charge in [0.15, 0.2) is 0 Å². The van der Waals surface area contributed by atoms with Gasteiger partial charge in [-0.25, -0.2) is 0 Å². The molecule has 0 amide bonds. The molecule has 1 aromatic carbocycles. The third kappa shape index (κ3) is 2.53. The fourth-order valence-electron chi connectivity index (χ4n) is 2.47. The van der Waals surface area contributed by atoms with Crippen molar-refractivity contribution in [3.8, 4) is 5.75 Å². The molecule has 0 bridgehead atoms. The predicted octanol–water partition coefficient (Wildman–Crippen LogP) is 2.14. The first kappa shape index (κ1) is 13.0. The van der Waals surface area contributed by atoms with Gasteiger partial charge in [0.2, 0.25) is 0 Å². The van der Waals surface area contributed by atoms with Crippen molar-refractivity contribution < 1.29 is 9.47 Å². The predicted molar refractivity (Wildman–Crippen MR) is 74.2 cm³/mol. The third-order valence-corrected chi connectivity index (χ3v) is 3.77. The molecule has 2 atom stereocenters. The van der Waals surface area contributed by atoms with E-state index in [-0.39, 0.29) is 0 Å². The Hall–Kier alpha value is -1.42. The second kappa shape index (κ2) is 5.48. The zero-order valence-electron chi connectivity index (χ0n) is 11.3. The molecule has 2 unspecified atom stereocenters. The summed E-state index contributed by atoms with van der Waals surface area (Å²) < 4.78 is 10.8. The van der Waals surface area contributed by atoms with Crippen LogP contribution in [0.5, 0.6) is 5.75 Å². The van der Waals surface area contributed by atoms with Crippen LogP contribution in [0.1, 0.15) is 13.3 Å². The van der Waals surface area contributed by atoms with Crippen LogP contribution in [0.3, 0.4) is 0 Å². The molecule has 1 aromatic rings. The summed E-state index contributed by atoms with van der Waals surface area (Å²) in [6.07, 6.45) is 1.44. The monoisotopic (exact) mass is 250 g/mol. The molecule has 4 nitrogen and oxygen atoms in total. The van der Waals surface area contributed by atoms with Gasteiger partial charge in [0.25, 0.3) is 0 Å². The lowest BCUT2D eigenvalue weighted by Crippen LogP contribution is -2.43. The Balaban J connectivity index is 2.16. The van der Waals surface area contributed by atoms with Gasteiger partial charge < -0.3 is 20.1 Å². The molecule has 2 rings (SSSR count). The fourth-order valence-corrected chi connectivity index (χ4v) is 2.47. The van der Waals surface area contributed by atoms with Crippen molar-refractivity contribution in [3.05, 3.63) is 18.2 Å². The van der Waals surface area contributed by atoms with E-state index in [2.05, 4.69) is 11.8 Å². The molecule has 1 saturated heterocycles. The van der Waals surface area contributed by atoms with E-state index in [1.165, 1.54) is 0 Å². The third-order valence-electron chi connectivity index (χ3n) is 3.77. The summed E-state index contributed by atoms with van der Waals surface area (Å²) in [5.41, 5.74) is 7.66. The minimum atomic E-state index is 0.294. The van der Waals surface area contributed by atoms with Crippen LogP contribution in [-0.2, 0) is 4.74 Å². The number of nitrogen functional groups attached to an aromatic ring is 1. The van der Waals surface area contributed by atoms with Crippen LogP contribution in [0, 0.1) is 5.92 Å². The summed E-state index contributed by atoms with van der Waals surface area (Å²) in [7, 11) is 3.43. The maximum atomic E-state index is 5.84. The first-order chi connectivity index (χ1) is 8.65. The Morgan fingerprint density at radius 1 is 1.33 bits per heavy atom. The minimum Gasteiger partial charge on any atom is -0.495 e. The SMILES string of the molecule is COc1cc(N2CCC(C)C(OC)C2)ccc1N. The number of anilines is 2. The minimum absolute atomic E-state index is 0.294. The smallest absolute Gasteiger partial charge is 0.143 e. The molecule has 0 aromatic heterocycles. The number of ether oxygens (including phenoxy) is 2. The average Bonchev–Trinajstić information content (AvgIpc) is 2.40. The van der Waals surface area contributed by atoms with E-state index in [0.717, 1.165) is 30.9 Å². The lowest BCUT2D eigenvalue weighted by molar-refractivity contribution is 0.0498. The number of hydrogen-bond acceptors (Lipinski definition) is 4. The summed E-state index contributed by atoms with van der Waals surface area (Å²) in [5.74, 6) is 1.35. The van der Waals surface area contributed by atoms with Crippen molar-refractivity contribution >= 4 is 11.4 Å². The normalized spacial score (nSPS) is 24.1.